The Morgan fingerprint density at radius 2 is 1.77 bits per heavy atom. The van der Waals surface area contributed by atoms with E-state index in [4.69, 9.17) is 14.6 Å². The fourth-order valence-electron chi connectivity index (χ4n) is 3.38. The van der Waals surface area contributed by atoms with Crippen molar-refractivity contribution in [3.8, 4) is 22.8 Å². The fourth-order valence-corrected chi connectivity index (χ4v) is 4.02. The van der Waals surface area contributed by atoms with Gasteiger partial charge in [-0.05, 0) is 54.6 Å². The topological polar surface area (TPSA) is 74.3 Å². The number of benzene rings is 2. The summed E-state index contributed by atoms with van der Waals surface area (Å²) in [5, 5.41) is 18.8. The van der Waals surface area contributed by atoms with Crippen molar-refractivity contribution >= 4 is 19.7 Å². The molecule has 0 saturated heterocycles. The van der Waals surface area contributed by atoms with Gasteiger partial charge in [0.1, 0.15) is 18.2 Å². The van der Waals surface area contributed by atoms with Crippen LogP contribution in [0.15, 0.2) is 60.9 Å². The summed E-state index contributed by atoms with van der Waals surface area (Å²) in [7, 11) is -0.588. The Labute approximate surface area is 183 Å². The van der Waals surface area contributed by atoms with E-state index in [1.807, 2.05) is 53.2 Å². The third kappa shape index (κ3) is 5.22. The van der Waals surface area contributed by atoms with Crippen LogP contribution in [0.3, 0.4) is 0 Å². The molecule has 0 atom stereocenters. The minimum absolute atomic E-state index is 0.0614. The van der Waals surface area contributed by atoms with Crippen molar-refractivity contribution < 1.29 is 14.6 Å². The number of hydrogen-bond donors (Lipinski definition) is 1. The van der Waals surface area contributed by atoms with Gasteiger partial charge in [0.05, 0.1) is 30.6 Å². The van der Waals surface area contributed by atoms with E-state index in [1.165, 1.54) is 6.04 Å². The molecule has 2 aromatic heterocycles. The Balaban J connectivity index is 1.42. The minimum atomic E-state index is -0.588. The summed E-state index contributed by atoms with van der Waals surface area (Å²) < 4.78 is 15.5. The Hall–Kier alpha value is -2.94. The minimum Gasteiger partial charge on any atom is -0.457 e. The monoisotopic (exact) mass is 436 g/mol. The maximum Gasteiger partial charge on any atom is 0.139 e. The quantitative estimate of drug-likeness (QED) is 0.299. The van der Waals surface area contributed by atoms with Gasteiger partial charge in [0.15, 0.2) is 0 Å². The number of fused-ring (bicyclic) bond motifs is 1. The summed E-state index contributed by atoms with van der Waals surface area (Å²) >= 11 is 0. The predicted molar refractivity (Wildman–Crippen MR) is 124 cm³/mol. The van der Waals surface area contributed by atoms with Crippen LogP contribution in [0.25, 0.3) is 22.2 Å². The highest BCUT2D eigenvalue weighted by Gasteiger charge is 2.08. The summed E-state index contributed by atoms with van der Waals surface area (Å²) in [6.45, 7) is 6.45. The first-order valence-electron chi connectivity index (χ1n) is 10.6. The zero-order chi connectivity index (χ0) is 21.6. The van der Waals surface area contributed by atoms with Crippen LogP contribution in [0.2, 0.25) is 19.1 Å². The third-order valence-corrected chi connectivity index (χ3v) is 6.47. The summed E-state index contributed by atoms with van der Waals surface area (Å²) in [6, 6.07) is 17.0. The van der Waals surface area contributed by atoms with Crippen LogP contribution in [-0.2, 0) is 18.0 Å². The van der Waals surface area contributed by atoms with E-state index >= 15 is 0 Å². The zero-order valence-electron chi connectivity index (χ0n) is 17.9. The molecule has 1 N–H and O–H groups in total. The van der Waals surface area contributed by atoms with Crippen LogP contribution in [0.1, 0.15) is 0 Å². The second-order valence-corrected chi connectivity index (χ2v) is 11.2. The molecule has 2 aromatic carbocycles. The first-order chi connectivity index (χ1) is 15.1. The van der Waals surface area contributed by atoms with Gasteiger partial charge >= 0.3 is 0 Å². The molecule has 0 fully saturated rings. The molecule has 4 rings (SSSR count). The lowest BCUT2D eigenvalue weighted by Gasteiger charge is -2.10. The summed E-state index contributed by atoms with van der Waals surface area (Å²) in [5.74, 6) is 1.51. The van der Waals surface area contributed by atoms with Gasteiger partial charge in [-0.15, -0.1) is 0 Å². The lowest BCUT2D eigenvalue weighted by atomic mass is 10.1. The molecule has 0 unspecified atom stereocenters. The van der Waals surface area contributed by atoms with E-state index in [1.54, 1.807) is 17.1 Å². The van der Waals surface area contributed by atoms with Gasteiger partial charge in [0.25, 0.3) is 0 Å². The largest absolute Gasteiger partial charge is 0.457 e. The van der Waals surface area contributed by atoms with Gasteiger partial charge in [0, 0.05) is 32.6 Å². The van der Waals surface area contributed by atoms with Gasteiger partial charge in [-0.3, -0.25) is 4.68 Å². The molecule has 7 nitrogen and oxygen atoms in total. The van der Waals surface area contributed by atoms with Gasteiger partial charge in [-0.25, -0.2) is 4.68 Å². The molecule has 8 heteroatoms. The SMILES string of the molecule is C[SiH](C)CCOCn1nccc1-c1ccc(Oc2ccc3c(cnn3CCO)c2)cc1. The second-order valence-electron chi connectivity index (χ2n) is 7.87. The van der Waals surface area contributed by atoms with Crippen molar-refractivity contribution in [1.82, 2.24) is 19.6 Å². The van der Waals surface area contributed by atoms with Crippen molar-refractivity contribution in [2.45, 2.75) is 32.4 Å². The van der Waals surface area contributed by atoms with Gasteiger partial charge in [-0.2, -0.15) is 10.2 Å². The van der Waals surface area contributed by atoms with Gasteiger partial charge in [0.2, 0.25) is 0 Å². The zero-order valence-corrected chi connectivity index (χ0v) is 19.1. The van der Waals surface area contributed by atoms with E-state index in [2.05, 4.69) is 23.3 Å². The van der Waals surface area contributed by atoms with Crippen LogP contribution < -0.4 is 4.74 Å². The molecule has 0 saturated carbocycles. The van der Waals surface area contributed by atoms with Gasteiger partial charge < -0.3 is 14.6 Å². The van der Waals surface area contributed by atoms with Crippen molar-refractivity contribution in [1.29, 1.82) is 0 Å². The lowest BCUT2D eigenvalue weighted by molar-refractivity contribution is 0.0801. The molecule has 0 aliphatic rings. The van der Waals surface area contributed by atoms with Crippen molar-refractivity contribution in [3.05, 3.63) is 60.9 Å². The fraction of sp³-hybridized carbons (Fsp3) is 0.304. The molecule has 0 aliphatic heterocycles. The molecule has 2 heterocycles. The maximum atomic E-state index is 9.13. The molecular formula is C23H28N4O3Si. The van der Waals surface area contributed by atoms with E-state index in [9.17, 15) is 0 Å². The summed E-state index contributed by atoms with van der Waals surface area (Å²) in [4.78, 5) is 0. The maximum absolute atomic E-state index is 9.13. The molecule has 0 radical (unpaired) electrons. The van der Waals surface area contributed by atoms with Gasteiger partial charge in [-0.1, -0.05) is 13.1 Å². The van der Waals surface area contributed by atoms with Crippen molar-refractivity contribution in [2.24, 2.45) is 0 Å². The van der Waals surface area contributed by atoms with Crippen LogP contribution in [0.5, 0.6) is 11.5 Å². The Bertz CT molecular complexity index is 1120. The molecule has 31 heavy (non-hydrogen) atoms. The Morgan fingerprint density at radius 1 is 0.968 bits per heavy atom. The average molecular weight is 437 g/mol. The molecular weight excluding hydrogens is 408 g/mol. The number of rotatable bonds is 10. The van der Waals surface area contributed by atoms with E-state index < -0.39 is 8.80 Å². The van der Waals surface area contributed by atoms with Crippen LogP contribution in [-0.4, -0.2) is 46.7 Å². The smallest absolute Gasteiger partial charge is 0.139 e. The predicted octanol–water partition coefficient (Wildman–Crippen LogP) is 4.15. The lowest BCUT2D eigenvalue weighted by Crippen LogP contribution is -2.10. The Morgan fingerprint density at radius 3 is 2.55 bits per heavy atom. The summed E-state index contributed by atoms with van der Waals surface area (Å²) in [6.07, 6.45) is 3.58. The molecule has 0 amide bonds. The van der Waals surface area contributed by atoms with E-state index in [0.717, 1.165) is 40.3 Å². The highest BCUT2D eigenvalue weighted by atomic mass is 28.3. The van der Waals surface area contributed by atoms with Crippen LogP contribution in [0.4, 0.5) is 0 Å². The van der Waals surface area contributed by atoms with Crippen molar-refractivity contribution in [2.75, 3.05) is 13.2 Å². The van der Waals surface area contributed by atoms with E-state index in [-0.39, 0.29) is 6.61 Å². The summed E-state index contributed by atoms with van der Waals surface area (Å²) in [5.41, 5.74) is 3.06. The van der Waals surface area contributed by atoms with Crippen molar-refractivity contribution in [3.63, 3.8) is 0 Å². The highest BCUT2D eigenvalue weighted by molar-refractivity contribution is 6.55. The molecule has 4 aromatic rings. The molecule has 0 bridgehead atoms. The number of ether oxygens (including phenoxy) is 2. The number of nitrogens with zero attached hydrogens (tertiary/aromatic N) is 4. The average Bonchev–Trinajstić information content (AvgIpc) is 3.39. The first kappa shape index (κ1) is 21.3. The first-order valence-corrected chi connectivity index (χ1v) is 13.7. The number of hydrogen-bond acceptors (Lipinski definition) is 5. The highest BCUT2D eigenvalue weighted by Crippen LogP contribution is 2.28. The molecule has 162 valence electrons. The normalized spacial score (nSPS) is 11.5. The Kier molecular flexibility index (Phi) is 6.81. The number of aliphatic hydroxyl groups excluding tert-OH is 1. The number of aromatic nitrogens is 4. The van der Waals surface area contributed by atoms with Crippen LogP contribution >= 0.6 is 0 Å². The standard InChI is InChI=1S/C23H28N4O3Si/c1-31(2)14-13-29-17-27-23(9-10-24-27)18-3-5-20(6-4-18)30-21-7-8-22-19(15-21)16-25-26(22)11-12-28/h3-10,15-16,28,31H,11-14,17H2,1-2H3. The molecule has 0 spiro atoms. The third-order valence-electron chi connectivity index (χ3n) is 5.08. The van der Waals surface area contributed by atoms with E-state index in [0.29, 0.717) is 13.3 Å². The van der Waals surface area contributed by atoms with Crippen LogP contribution in [0, 0.1) is 0 Å². The number of aliphatic hydroxyl groups is 1. The molecule has 0 aliphatic carbocycles. The second kappa shape index (κ2) is 9.91.